The average molecular weight is 392 g/mol. The smallest absolute Gasteiger partial charge is 0.130 e. The van der Waals surface area contributed by atoms with Crippen molar-refractivity contribution in [3.8, 4) is 0 Å². The van der Waals surface area contributed by atoms with Crippen molar-refractivity contribution in [2.24, 2.45) is 0 Å². The van der Waals surface area contributed by atoms with E-state index in [-0.39, 0.29) is 11.6 Å². The molecule has 0 saturated carbocycles. The molecule has 1 aromatic carbocycles. The van der Waals surface area contributed by atoms with Gasteiger partial charge in [-0.2, -0.15) is 5.10 Å². The summed E-state index contributed by atoms with van der Waals surface area (Å²) in [6.45, 7) is 3.90. The first-order chi connectivity index (χ1) is 8.91. The van der Waals surface area contributed by atoms with Gasteiger partial charge in [0.2, 0.25) is 0 Å². The maximum absolute atomic E-state index is 13.9. The molecule has 0 aliphatic carbocycles. The highest BCUT2D eigenvalue weighted by molar-refractivity contribution is 9.10. The highest BCUT2D eigenvalue weighted by Gasteiger charge is 2.23. The van der Waals surface area contributed by atoms with Crippen LogP contribution in [0, 0.1) is 5.82 Å². The number of benzene rings is 1. The SMILES string of the molecule is CC(C)n1ncc(Br)c1C(O)c1ccc(Br)cc1F. The van der Waals surface area contributed by atoms with Gasteiger partial charge >= 0.3 is 0 Å². The van der Waals surface area contributed by atoms with Crippen molar-refractivity contribution in [3.63, 3.8) is 0 Å². The van der Waals surface area contributed by atoms with E-state index in [9.17, 15) is 9.50 Å². The molecule has 1 aromatic heterocycles. The van der Waals surface area contributed by atoms with Gasteiger partial charge < -0.3 is 5.11 Å². The summed E-state index contributed by atoms with van der Waals surface area (Å²) < 4.78 is 16.9. The molecule has 102 valence electrons. The topological polar surface area (TPSA) is 38.0 Å². The van der Waals surface area contributed by atoms with Gasteiger partial charge in [0.05, 0.1) is 16.4 Å². The molecular formula is C13H13Br2FN2O. The molecular weight excluding hydrogens is 379 g/mol. The van der Waals surface area contributed by atoms with E-state index in [4.69, 9.17) is 0 Å². The lowest BCUT2D eigenvalue weighted by molar-refractivity contribution is 0.199. The predicted octanol–water partition coefficient (Wildman–Crippen LogP) is 4.21. The summed E-state index contributed by atoms with van der Waals surface area (Å²) in [4.78, 5) is 0. The van der Waals surface area contributed by atoms with Crippen LogP contribution in [0.4, 0.5) is 4.39 Å². The fraction of sp³-hybridized carbons (Fsp3) is 0.308. The van der Waals surface area contributed by atoms with Crippen LogP contribution in [0.3, 0.4) is 0 Å². The third-order valence-corrected chi connectivity index (χ3v) is 3.90. The number of aromatic nitrogens is 2. The van der Waals surface area contributed by atoms with Crippen LogP contribution >= 0.6 is 31.9 Å². The van der Waals surface area contributed by atoms with Gasteiger partial charge in [0.1, 0.15) is 11.9 Å². The summed E-state index contributed by atoms with van der Waals surface area (Å²) >= 11 is 6.55. The summed E-state index contributed by atoms with van der Waals surface area (Å²) in [5.74, 6) is -0.453. The molecule has 0 radical (unpaired) electrons. The Morgan fingerprint density at radius 2 is 2.00 bits per heavy atom. The van der Waals surface area contributed by atoms with E-state index in [1.807, 2.05) is 13.8 Å². The second kappa shape index (κ2) is 5.73. The van der Waals surface area contributed by atoms with Crippen molar-refractivity contribution in [1.29, 1.82) is 0 Å². The second-order valence-electron chi connectivity index (χ2n) is 4.48. The molecule has 0 bridgehead atoms. The van der Waals surface area contributed by atoms with Crippen molar-refractivity contribution in [2.75, 3.05) is 0 Å². The molecule has 0 amide bonds. The number of hydrogen-bond donors (Lipinski definition) is 1. The molecule has 1 unspecified atom stereocenters. The maximum atomic E-state index is 13.9. The van der Waals surface area contributed by atoms with Crippen LogP contribution in [-0.2, 0) is 0 Å². The molecule has 19 heavy (non-hydrogen) atoms. The zero-order valence-electron chi connectivity index (χ0n) is 10.4. The van der Waals surface area contributed by atoms with Crippen LogP contribution in [0.1, 0.15) is 37.3 Å². The van der Waals surface area contributed by atoms with E-state index in [1.54, 1.807) is 23.0 Å². The molecule has 2 aromatic rings. The summed E-state index contributed by atoms with van der Waals surface area (Å²) in [6.07, 6.45) is 0.544. The Morgan fingerprint density at radius 3 is 2.58 bits per heavy atom. The molecule has 0 spiro atoms. The fourth-order valence-electron chi connectivity index (χ4n) is 1.89. The van der Waals surface area contributed by atoms with Gasteiger partial charge in [-0.15, -0.1) is 0 Å². The molecule has 0 saturated heterocycles. The monoisotopic (exact) mass is 390 g/mol. The molecule has 1 atom stereocenters. The van der Waals surface area contributed by atoms with Crippen LogP contribution in [0.15, 0.2) is 33.3 Å². The lowest BCUT2D eigenvalue weighted by Gasteiger charge is -2.17. The molecule has 0 aliphatic heterocycles. The van der Waals surface area contributed by atoms with Crippen LogP contribution in [0.25, 0.3) is 0 Å². The largest absolute Gasteiger partial charge is 0.382 e. The Hall–Kier alpha value is -0.720. The first-order valence-electron chi connectivity index (χ1n) is 5.77. The normalized spacial score (nSPS) is 13.0. The lowest BCUT2D eigenvalue weighted by Crippen LogP contribution is -2.13. The summed E-state index contributed by atoms with van der Waals surface area (Å²) in [5.41, 5.74) is 0.780. The van der Waals surface area contributed by atoms with Gasteiger partial charge in [-0.1, -0.05) is 22.0 Å². The predicted molar refractivity (Wildman–Crippen MR) is 78.5 cm³/mol. The van der Waals surface area contributed by atoms with E-state index in [2.05, 4.69) is 37.0 Å². The first-order valence-corrected chi connectivity index (χ1v) is 7.36. The average Bonchev–Trinajstić information content (AvgIpc) is 2.70. The first kappa shape index (κ1) is 14.7. The number of hydrogen-bond acceptors (Lipinski definition) is 2. The zero-order valence-corrected chi connectivity index (χ0v) is 13.6. The molecule has 0 fully saturated rings. The quantitative estimate of drug-likeness (QED) is 0.850. The molecule has 2 rings (SSSR count). The van der Waals surface area contributed by atoms with E-state index < -0.39 is 11.9 Å². The fourth-order valence-corrected chi connectivity index (χ4v) is 2.71. The molecule has 1 N–H and O–H groups in total. The van der Waals surface area contributed by atoms with E-state index in [1.165, 1.54) is 6.07 Å². The van der Waals surface area contributed by atoms with Gasteiger partial charge in [0.15, 0.2) is 0 Å². The lowest BCUT2D eigenvalue weighted by atomic mass is 10.1. The molecule has 0 aliphatic rings. The number of nitrogens with zero attached hydrogens (tertiary/aromatic N) is 2. The highest BCUT2D eigenvalue weighted by Crippen LogP contribution is 2.32. The Bertz CT molecular complexity index is 598. The Kier molecular flexibility index (Phi) is 4.43. The summed E-state index contributed by atoms with van der Waals surface area (Å²) in [5, 5.41) is 14.6. The Balaban J connectivity index is 2.49. The molecule has 1 heterocycles. The third-order valence-electron chi connectivity index (χ3n) is 2.79. The number of aliphatic hydroxyl groups is 1. The summed E-state index contributed by atoms with van der Waals surface area (Å²) in [7, 11) is 0. The van der Waals surface area contributed by atoms with Gasteiger partial charge in [-0.25, -0.2) is 4.39 Å². The highest BCUT2D eigenvalue weighted by atomic mass is 79.9. The van der Waals surface area contributed by atoms with Gasteiger partial charge in [-0.05, 0) is 41.9 Å². The van der Waals surface area contributed by atoms with Crippen molar-refractivity contribution in [3.05, 3.63) is 50.4 Å². The second-order valence-corrected chi connectivity index (χ2v) is 6.25. The minimum Gasteiger partial charge on any atom is -0.382 e. The minimum absolute atomic E-state index is 0.0782. The number of rotatable bonds is 3. The van der Waals surface area contributed by atoms with E-state index in [0.29, 0.717) is 14.6 Å². The third kappa shape index (κ3) is 2.90. The Morgan fingerprint density at radius 1 is 1.32 bits per heavy atom. The minimum atomic E-state index is -1.06. The standard InChI is InChI=1S/C13H13Br2FN2O/c1-7(2)18-12(10(15)6-17-18)13(19)9-4-3-8(14)5-11(9)16/h3-7,13,19H,1-2H3. The molecule has 6 heteroatoms. The van der Waals surface area contributed by atoms with Crippen molar-refractivity contribution in [1.82, 2.24) is 9.78 Å². The van der Waals surface area contributed by atoms with Crippen LogP contribution in [0.5, 0.6) is 0 Å². The van der Waals surface area contributed by atoms with Gasteiger partial charge in [0.25, 0.3) is 0 Å². The van der Waals surface area contributed by atoms with Crippen LogP contribution in [-0.4, -0.2) is 14.9 Å². The number of aliphatic hydroxyl groups excluding tert-OH is 1. The Labute approximate surface area is 127 Å². The van der Waals surface area contributed by atoms with Crippen molar-refractivity contribution in [2.45, 2.75) is 26.0 Å². The summed E-state index contributed by atoms with van der Waals surface area (Å²) in [6, 6.07) is 4.68. The zero-order chi connectivity index (χ0) is 14.2. The molecule has 3 nitrogen and oxygen atoms in total. The maximum Gasteiger partial charge on any atom is 0.130 e. The van der Waals surface area contributed by atoms with Crippen LogP contribution < -0.4 is 0 Å². The van der Waals surface area contributed by atoms with Crippen molar-refractivity contribution >= 4 is 31.9 Å². The van der Waals surface area contributed by atoms with Gasteiger partial charge in [-0.3, -0.25) is 4.68 Å². The van der Waals surface area contributed by atoms with E-state index >= 15 is 0 Å². The van der Waals surface area contributed by atoms with E-state index in [0.717, 1.165) is 0 Å². The number of halogens is 3. The van der Waals surface area contributed by atoms with Crippen molar-refractivity contribution < 1.29 is 9.50 Å². The van der Waals surface area contributed by atoms with Crippen LogP contribution in [0.2, 0.25) is 0 Å². The van der Waals surface area contributed by atoms with Gasteiger partial charge in [0, 0.05) is 16.1 Å².